The first-order chi connectivity index (χ1) is 8.95. The van der Waals surface area contributed by atoms with Gasteiger partial charge in [-0.1, -0.05) is 5.16 Å². The molecule has 0 atom stereocenters. The van der Waals surface area contributed by atoms with Gasteiger partial charge in [0.1, 0.15) is 11.5 Å². The molecule has 2 aromatic rings. The number of carboxylic acids is 1. The molecule has 100 valence electrons. The molecule has 1 heterocycles. The summed E-state index contributed by atoms with van der Waals surface area (Å²) in [6.07, 6.45) is 0. The van der Waals surface area contributed by atoms with Crippen molar-refractivity contribution in [2.45, 2.75) is 0 Å². The molecule has 0 saturated carbocycles. The maximum absolute atomic E-state index is 13.8. The largest absolute Gasteiger partial charge is 0.504 e. The number of benzene rings is 1. The number of aromatic nitrogens is 1. The minimum atomic E-state index is -1.34. The van der Waals surface area contributed by atoms with E-state index >= 15 is 0 Å². The van der Waals surface area contributed by atoms with Crippen molar-refractivity contribution >= 4 is 21.9 Å². The Hall–Kier alpha value is -2.09. The predicted molar refractivity (Wildman–Crippen MR) is 64.8 cm³/mol. The molecule has 0 aliphatic rings. The molecule has 0 radical (unpaired) electrons. The third kappa shape index (κ3) is 2.26. The summed E-state index contributed by atoms with van der Waals surface area (Å²) in [6, 6.07) is 2.08. The lowest BCUT2D eigenvalue weighted by Gasteiger charge is -2.09. The number of halogens is 2. The summed E-state index contributed by atoms with van der Waals surface area (Å²) < 4.78 is 23.5. The Labute approximate surface area is 114 Å². The van der Waals surface area contributed by atoms with Gasteiger partial charge < -0.3 is 19.5 Å². The monoisotopic (exact) mass is 331 g/mol. The van der Waals surface area contributed by atoms with E-state index in [1.165, 1.54) is 7.11 Å². The van der Waals surface area contributed by atoms with E-state index < -0.39 is 23.3 Å². The first-order valence-corrected chi connectivity index (χ1v) is 5.70. The van der Waals surface area contributed by atoms with Gasteiger partial charge in [-0.15, -0.1) is 0 Å². The van der Waals surface area contributed by atoms with Crippen molar-refractivity contribution in [2.75, 3.05) is 7.11 Å². The first kappa shape index (κ1) is 13.3. The molecular weight excluding hydrogens is 325 g/mol. The van der Waals surface area contributed by atoms with E-state index in [1.807, 2.05) is 0 Å². The minimum Gasteiger partial charge on any atom is -0.504 e. The van der Waals surface area contributed by atoms with Crippen molar-refractivity contribution in [1.29, 1.82) is 0 Å². The fourth-order valence-electron chi connectivity index (χ4n) is 1.52. The van der Waals surface area contributed by atoms with Crippen molar-refractivity contribution in [3.05, 3.63) is 28.2 Å². The molecule has 0 amide bonds. The van der Waals surface area contributed by atoms with E-state index in [1.54, 1.807) is 0 Å². The number of phenolic OH excluding ortho intramolecular Hbond substituents is 1. The maximum Gasteiger partial charge on any atom is 0.374 e. The molecule has 2 rings (SSSR count). The molecule has 0 bridgehead atoms. The topological polar surface area (TPSA) is 92.8 Å². The van der Waals surface area contributed by atoms with Crippen LogP contribution in [0, 0.1) is 5.82 Å². The lowest BCUT2D eigenvalue weighted by atomic mass is 10.1. The summed E-state index contributed by atoms with van der Waals surface area (Å²) in [5.41, 5.74) is -0.436. The van der Waals surface area contributed by atoms with E-state index in [0.29, 0.717) is 0 Å². The normalized spacial score (nSPS) is 10.5. The number of carbonyl (C=O) groups is 1. The number of ether oxygens (including phenoxy) is 1. The summed E-state index contributed by atoms with van der Waals surface area (Å²) in [7, 11) is 1.30. The predicted octanol–water partition coefficient (Wildman–Crippen LogP) is 2.66. The molecule has 1 aromatic heterocycles. The maximum atomic E-state index is 13.8. The van der Waals surface area contributed by atoms with Gasteiger partial charge in [0.15, 0.2) is 11.5 Å². The van der Waals surface area contributed by atoms with Gasteiger partial charge in [0.25, 0.3) is 0 Å². The molecular formula is C11H7BrFNO5. The fourth-order valence-corrected chi connectivity index (χ4v) is 2.07. The molecule has 0 unspecified atom stereocenters. The molecule has 1 aromatic carbocycles. The third-order valence-electron chi connectivity index (χ3n) is 2.34. The van der Waals surface area contributed by atoms with Crippen molar-refractivity contribution < 1.29 is 28.7 Å². The standard InChI is InChI=1S/C11H7BrFNO5/c1-18-10-4(12)2-5(13)8(9(10)15)6-3-7(11(16)17)19-14-6/h2-3,15H,1H3,(H,16,17). The van der Waals surface area contributed by atoms with Gasteiger partial charge in [-0.05, 0) is 22.0 Å². The second-order valence-electron chi connectivity index (χ2n) is 3.48. The molecule has 0 aliphatic carbocycles. The molecule has 8 heteroatoms. The third-order valence-corrected chi connectivity index (χ3v) is 2.93. The molecule has 0 aliphatic heterocycles. The Kier molecular flexibility index (Phi) is 3.43. The first-order valence-electron chi connectivity index (χ1n) is 4.91. The Balaban J connectivity index is 2.64. The van der Waals surface area contributed by atoms with E-state index in [0.717, 1.165) is 12.1 Å². The number of aromatic hydroxyl groups is 1. The van der Waals surface area contributed by atoms with Gasteiger partial charge >= 0.3 is 5.97 Å². The zero-order chi connectivity index (χ0) is 14.2. The van der Waals surface area contributed by atoms with Crippen LogP contribution in [-0.2, 0) is 0 Å². The molecule has 2 N–H and O–H groups in total. The number of aromatic carboxylic acids is 1. The van der Waals surface area contributed by atoms with Crippen LogP contribution in [0.1, 0.15) is 10.6 Å². The fraction of sp³-hybridized carbons (Fsp3) is 0.0909. The molecule has 19 heavy (non-hydrogen) atoms. The second kappa shape index (κ2) is 4.88. The number of methoxy groups -OCH3 is 1. The lowest BCUT2D eigenvalue weighted by Crippen LogP contribution is -1.93. The summed E-state index contributed by atoms with van der Waals surface area (Å²) in [6.45, 7) is 0. The van der Waals surface area contributed by atoms with Gasteiger partial charge in [0, 0.05) is 6.07 Å². The van der Waals surface area contributed by atoms with Gasteiger partial charge in [-0.3, -0.25) is 0 Å². The highest BCUT2D eigenvalue weighted by atomic mass is 79.9. The zero-order valence-electron chi connectivity index (χ0n) is 9.48. The van der Waals surface area contributed by atoms with Gasteiger partial charge in [-0.2, -0.15) is 0 Å². The van der Waals surface area contributed by atoms with Crippen molar-refractivity contribution in [3.63, 3.8) is 0 Å². The average Bonchev–Trinajstić information content (AvgIpc) is 2.78. The second-order valence-corrected chi connectivity index (χ2v) is 4.33. The number of nitrogens with zero attached hydrogens (tertiary/aromatic N) is 1. The van der Waals surface area contributed by atoms with Crippen LogP contribution < -0.4 is 4.74 Å². The summed E-state index contributed by atoms with van der Waals surface area (Å²) in [5.74, 6) is -3.09. The van der Waals surface area contributed by atoms with Gasteiger partial charge in [-0.25, -0.2) is 9.18 Å². The van der Waals surface area contributed by atoms with Crippen LogP contribution in [-0.4, -0.2) is 28.4 Å². The van der Waals surface area contributed by atoms with Crippen LogP contribution in [0.25, 0.3) is 11.3 Å². The Morgan fingerprint density at radius 2 is 2.21 bits per heavy atom. The van der Waals surface area contributed by atoms with Crippen molar-refractivity contribution in [1.82, 2.24) is 5.16 Å². The molecule has 0 saturated heterocycles. The highest BCUT2D eigenvalue weighted by Crippen LogP contribution is 2.43. The smallest absolute Gasteiger partial charge is 0.374 e. The van der Waals surface area contributed by atoms with Crippen LogP contribution in [0.5, 0.6) is 11.5 Å². The summed E-state index contributed by atoms with van der Waals surface area (Å²) >= 11 is 3.03. The summed E-state index contributed by atoms with van der Waals surface area (Å²) in [4.78, 5) is 10.7. The zero-order valence-corrected chi connectivity index (χ0v) is 11.1. The van der Waals surface area contributed by atoms with Crippen LogP contribution in [0.15, 0.2) is 21.1 Å². The average molecular weight is 332 g/mol. The Morgan fingerprint density at radius 1 is 1.53 bits per heavy atom. The number of hydrogen-bond donors (Lipinski definition) is 2. The van der Waals surface area contributed by atoms with Crippen LogP contribution in [0.2, 0.25) is 0 Å². The van der Waals surface area contributed by atoms with Crippen molar-refractivity contribution in [3.8, 4) is 22.8 Å². The SMILES string of the molecule is COc1c(Br)cc(F)c(-c2cc(C(=O)O)on2)c1O. The van der Waals surface area contributed by atoms with E-state index in [-0.39, 0.29) is 21.5 Å². The molecule has 0 spiro atoms. The number of hydrogen-bond acceptors (Lipinski definition) is 5. The van der Waals surface area contributed by atoms with Gasteiger partial charge in [0.2, 0.25) is 5.76 Å². The lowest BCUT2D eigenvalue weighted by molar-refractivity contribution is 0.0652. The molecule has 6 nitrogen and oxygen atoms in total. The minimum absolute atomic E-state index is 0.0104. The van der Waals surface area contributed by atoms with E-state index in [9.17, 15) is 14.3 Å². The van der Waals surface area contributed by atoms with Crippen LogP contribution >= 0.6 is 15.9 Å². The Bertz CT molecular complexity index is 655. The number of rotatable bonds is 3. The highest BCUT2D eigenvalue weighted by Gasteiger charge is 2.23. The van der Waals surface area contributed by atoms with E-state index in [4.69, 9.17) is 9.84 Å². The summed E-state index contributed by atoms with van der Waals surface area (Å²) in [5, 5.41) is 22.0. The van der Waals surface area contributed by atoms with E-state index in [2.05, 4.69) is 25.6 Å². The quantitative estimate of drug-likeness (QED) is 0.898. The Morgan fingerprint density at radius 3 is 2.74 bits per heavy atom. The highest BCUT2D eigenvalue weighted by molar-refractivity contribution is 9.10. The number of carboxylic acid groups (broad SMARTS) is 1. The van der Waals surface area contributed by atoms with Crippen LogP contribution in [0.3, 0.4) is 0 Å². The number of phenols is 1. The van der Waals surface area contributed by atoms with Crippen LogP contribution in [0.4, 0.5) is 4.39 Å². The van der Waals surface area contributed by atoms with Gasteiger partial charge in [0.05, 0.1) is 17.1 Å². The molecule has 0 fully saturated rings. The van der Waals surface area contributed by atoms with Crippen molar-refractivity contribution in [2.24, 2.45) is 0 Å².